The molecule has 0 spiro atoms. The van der Waals surface area contributed by atoms with Crippen molar-refractivity contribution in [3.63, 3.8) is 0 Å². The summed E-state index contributed by atoms with van der Waals surface area (Å²) in [4.78, 5) is 22.0. The molecule has 0 saturated carbocycles. The summed E-state index contributed by atoms with van der Waals surface area (Å²) in [5.74, 6) is -0.704. The highest BCUT2D eigenvalue weighted by molar-refractivity contribution is 5.94. The molecule has 1 aliphatic heterocycles. The number of esters is 2. The van der Waals surface area contributed by atoms with Gasteiger partial charge in [-0.05, 0) is 24.1 Å². The Labute approximate surface area is 92.5 Å². The van der Waals surface area contributed by atoms with Gasteiger partial charge in [0.25, 0.3) is 0 Å². The average molecular weight is 218 g/mol. The summed E-state index contributed by atoms with van der Waals surface area (Å²) in [5.41, 5.74) is 1.00. The van der Waals surface area contributed by atoms with Crippen LogP contribution in [0.3, 0.4) is 0 Å². The molecule has 0 aliphatic carbocycles. The van der Waals surface area contributed by atoms with Crippen molar-refractivity contribution in [2.45, 2.75) is 13.3 Å². The molecule has 0 amide bonds. The van der Waals surface area contributed by atoms with Crippen molar-refractivity contribution in [3.8, 4) is 5.75 Å². The normalized spacial score (nSPS) is 13.2. The summed E-state index contributed by atoms with van der Waals surface area (Å²) >= 11 is 0. The smallest absolute Gasteiger partial charge is 0.381 e. The third-order valence-corrected chi connectivity index (χ3v) is 2.14. The van der Waals surface area contributed by atoms with Gasteiger partial charge < -0.3 is 9.47 Å². The van der Waals surface area contributed by atoms with Gasteiger partial charge >= 0.3 is 11.9 Å². The molecule has 4 heteroatoms. The topological polar surface area (TPSA) is 52.6 Å². The van der Waals surface area contributed by atoms with Crippen LogP contribution in [0.15, 0.2) is 36.1 Å². The number of fused-ring (bicyclic) bond motifs is 1. The lowest BCUT2D eigenvalue weighted by Crippen LogP contribution is -2.18. The summed E-state index contributed by atoms with van der Waals surface area (Å²) in [6, 6.07) is 7.40. The van der Waals surface area contributed by atoms with Crippen LogP contribution in [-0.4, -0.2) is 11.9 Å². The minimum atomic E-state index is -0.748. The Hall–Kier alpha value is -2.10. The van der Waals surface area contributed by atoms with Crippen LogP contribution in [0, 0.1) is 0 Å². The Morgan fingerprint density at radius 1 is 1.31 bits per heavy atom. The highest BCUT2D eigenvalue weighted by Crippen LogP contribution is 2.26. The van der Waals surface area contributed by atoms with Crippen LogP contribution in [0.25, 0.3) is 0 Å². The lowest BCUT2D eigenvalue weighted by molar-refractivity contribution is -0.156. The minimum Gasteiger partial charge on any atom is -0.450 e. The van der Waals surface area contributed by atoms with Crippen molar-refractivity contribution in [2.75, 3.05) is 0 Å². The molecule has 2 rings (SSSR count). The fourth-order valence-electron chi connectivity index (χ4n) is 1.44. The van der Waals surface area contributed by atoms with Crippen molar-refractivity contribution in [2.24, 2.45) is 0 Å². The first-order valence-corrected chi connectivity index (χ1v) is 4.85. The van der Waals surface area contributed by atoms with E-state index >= 15 is 0 Å². The molecule has 0 saturated heterocycles. The number of allylic oxidation sites excluding steroid dienone is 1. The van der Waals surface area contributed by atoms with Gasteiger partial charge in [-0.2, -0.15) is 0 Å². The first-order chi connectivity index (χ1) is 7.66. The zero-order chi connectivity index (χ0) is 11.5. The van der Waals surface area contributed by atoms with Crippen LogP contribution < -0.4 is 4.74 Å². The molecule has 0 atom stereocenters. The third-order valence-electron chi connectivity index (χ3n) is 2.14. The molecular formula is C12H10O4. The first kappa shape index (κ1) is 10.4. The van der Waals surface area contributed by atoms with Crippen molar-refractivity contribution in [3.05, 3.63) is 41.7 Å². The lowest BCUT2D eigenvalue weighted by atomic mass is 10.1. The van der Waals surface area contributed by atoms with E-state index in [9.17, 15) is 9.59 Å². The quantitative estimate of drug-likeness (QED) is 0.530. The third kappa shape index (κ3) is 2.11. The molecule has 1 aromatic carbocycles. The standard InChI is InChI=1S/C12H10O4/c1-8(13)15-12(14)11-7-6-9-4-2-3-5-10(9)16-11/h2-5,7H,6H2,1H3. The van der Waals surface area contributed by atoms with E-state index in [2.05, 4.69) is 4.74 Å². The first-order valence-electron chi connectivity index (χ1n) is 4.85. The van der Waals surface area contributed by atoms with E-state index in [1.165, 1.54) is 6.92 Å². The van der Waals surface area contributed by atoms with Crippen LogP contribution in [0.4, 0.5) is 0 Å². The fourth-order valence-corrected chi connectivity index (χ4v) is 1.44. The van der Waals surface area contributed by atoms with Gasteiger partial charge in [0.2, 0.25) is 5.76 Å². The van der Waals surface area contributed by atoms with Crippen LogP contribution in [0.1, 0.15) is 12.5 Å². The fraction of sp³-hybridized carbons (Fsp3) is 0.167. The highest BCUT2D eigenvalue weighted by Gasteiger charge is 2.20. The second-order valence-corrected chi connectivity index (χ2v) is 3.36. The van der Waals surface area contributed by atoms with Crippen molar-refractivity contribution in [1.82, 2.24) is 0 Å². The lowest BCUT2D eigenvalue weighted by Gasteiger charge is -2.16. The second-order valence-electron chi connectivity index (χ2n) is 3.36. The highest BCUT2D eigenvalue weighted by atomic mass is 16.6. The number of benzene rings is 1. The maximum atomic E-state index is 11.4. The zero-order valence-electron chi connectivity index (χ0n) is 8.73. The Morgan fingerprint density at radius 3 is 2.81 bits per heavy atom. The molecule has 0 aromatic heterocycles. The Morgan fingerprint density at radius 2 is 2.06 bits per heavy atom. The summed E-state index contributed by atoms with van der Waals surface area (Å²) < 4.78 is 9.76. The second kappa shape index (κ2) is 4.18. The van der Waals surface area contributed by atoms with Gasteiger partial charge in [0.05, 0.1) is 0 Å². The van der Waals surface area contributed by atoms with E-state index in [1.54, 1.807) is 12.1 Å². The van der Waals surface area contributed by atoms with Gasteiger partial charge in [0.15, 0.2) is 0 Å². The van der Waals surface area contributed by atoms with Gasteiger partial charge in [-0.15, -0.1) is 0 Å². The SMILES string of the molecule is CC(=O)OC(=O)C1=CCc2ccccc2O1. The van der Waals surface area contributed by atoms with Gasteiger partial charge in [0.1, 0.15) is 5.75 Å². The Kier molecular flexibility index (Phi) is 2.72. The molecule has 0 N–H and O–H groups in total. The van der Waals surface area contributed by atoms with Gasteiger partial charge in [-0.3, -0.25) is 4.79 Å². The number of carbonyl (C=O) groups is 2. The van der Waals surface area contributed by atoms with E-state index in [0.717, 1.165) is 5.56 Å². The number of hydrogen-bond acceptors (Lipinski definition) is 4. The van der Waals surface area contributed by atoms with E-state index < -0.39 is 11.9 Å². The summed E-state index contributed by atoms with van der Waals surface area (Å²) in [6.07, 6.45) is 2.20. The van der Waals surface area contributed by atoms with E-state index in [4.69, 9.17) is 4.74 Å². The summed E-state index contributed by atoms with van der Waals surface area (Å²) in [7, 11) is 0. The number of rotatable bonds is 1. The molecule has 1 aliphatic rings. The van der Waals surface area contributed by atoms with Crippen molar-refractivity contribution < 1.29 is 19.1 Å². The molecule has 0 bridgehead atoms. The van der Waals surface area contributed by atoms with Crippen LogP contribution in [0.2, 0.25) is 0 Å². The number of carbonyl (C=O) groups excluding carboxylic acids is 2. The summed E-state index contributed by atoms with van der Waals surface area (Å²) in [6.45, 7) is 1.18. The number of para-hydroxylation sites is 1. The molecule has 0 unspecified atom stereocenters. The predicted octanol–water partition coefficient (Wildman–Crippen LogP) is 1.60. The van der Waals surface area contributed by atoms with Crippen LogP contribution >= 0.6 is 0 Å². The largest absolute Gasteiger partial charge is 0.450 e. The molecule has 1 heterocycles. The van der Waals surface area contributed by atoms with Crippen molar-refractivity contribution >= 4 is 11.9 Å². The van der Waals surface area contributed by atoms with E-state index in [1.807, 2.05) is 18.2 Å². The molecule has 0 fully saturated rings. The zero-order valence-corrected chi connectivity index (χ0v) is 8.73. The molecule has 82 valence electrons. The summed E-state index contributed by atoms with van der Waals surface area (Å²) in [5, 5.41) is 0. The Bertz CT molecular complexity index is 474. The molecule has 1 aromatic rings. The predicted molar refractivity (Wildman–Crippen MR) is 55.6 cm³/mol. The van der Waals surface area contributed by atoms with Gasteiger partial charge in [-0.1, -0.05) is 18.2 Å². The van der Waals surface area contributed by atoms with Gasteiger partial charge in [0, 0.05) is 6.92 Å². The minimum absolute atomic E-state index is 0.0638. The maximum Gasteiger partial charge on any atom is 0.381 e. The molecule has 4 nitrogen and oxygen atoms in total. The van der Waals surface area contributed by atoms with E-state index in [0.29, 0.717) is 12.2 Å². The molecule has 0 radical (unpaired) electrons. The Balaban J connectivity index is 2.15. The van der Waals surface area contributed by atoms with E-state index in [-0.39, 0.29) is 5.76 Å². The van der Waals surface area contributed by atoms with Crippen LogP contribution in [0.5, 0.6) is 5.75 Å². The number of ether oxygens (including phenoxy) is 2. The monoisotopic (exact) mass is 218 g/mol. The number of hydrogen-bond donors (Lipinski definition) is 0. The van der Waals surface area contributed by atoms with Gasteiger partial charge in [-0.25, -0.2) is 4.79 Å². The molecular weight excluding hydrogens is 208 g/mol. The average Bonchev–Trinajstić information content (AvgIpc) is 2.27. The van der Waals surface area contributed by atoms with Crippen molar-refractivity contribution in [1.29, 1.82) is 0 Å². The maximum absolute atomic E-state index is 11.4. The molecule has 16 heavy (non-hydrogen) atoms. The van der Waals surface area contributed by atoms with Crippen LogP contribution in [-0.2, 0) is 20.7 Å².